The molecule has 1 heterocycles. The number of nitrogens with one attached hydrogen (secondary N) is 1. The summed E-state index contributed by atoms with van der Waals surface area (Å²) >= 11 is 0. The van der Waals surface area contributed by atoms with E-state index in [1.54, 1.807) is 4.90 Å². The maximum absolute atomic E-state index is 12.1. The molecule has 0 aliphatic carbocycles. The van der Waals surface area contributed by atoms with Crippen molar-refractivity contribution in [2.24, 2.45) is 0 Å². The molecule has 0 atom stereocenters. The standard InChI is InChI=1S/C17H25N3O2/c1-17(2,3)18-15(21)16(22)20-11-9-19(10-12-20)13-14-7-5-4-6-8-14/h4-8H,9-13H2,1-3H3,(H,18,21). The van der Waals surface area contributed by atoms with Crippen LogP contribution in [0, 0.1) is 0 Å². The molecule has 1 saturated heterocycles. The summed E-state index contributed by atoms with van der Waals surface area (Å²) < 4.78 is 0. The minimum absolute atomic E-state index is 0.387. The molecule has 22 heavy (non-hydrogen) atoms. The molecule has 0 spiro atoms. The van der Waals surface area contributed by atoms with E-state index >= 15 is 0 Å². The lowest BCUT2D eigenvalue weighted by Gasteiger charge is -2.34. The molecule has 1 fully saturated rings. The molecule has 5 nitrogen and oxygen atoms in total. The van der Waals surface area contributed by atoms with Gasteiger partial charge in [0, 0.05) is 38.3 Å². The summed E-state index contributed by atoms with van der Waals surface area (Å²) in [4.78, 5) is 28.0. The summed E-state index contributed by atoms with van der Waals surface area (Å²) in [6, 6.07) is 10.3. The van der Waals surface area contributed by atoms with Crippen LogP contribution in [-0.2, 0) is 16.1 Å². The van der Waals surface area contributed by atoms with Gasteiger partial charge in [-0.25, -0.2) is 0 Å². The van der Waals surface area contributed by atoms with Crippen LogP contribution in [0.1, 0.15) is 26.3 Å². The highest BCUT2D eigenvalue weighted by Gasteiger charge is 2.28. The first-order valence-electron chi connectivity index (χ1n) is 7.73. The average Bonchev–Trinajstić information content (AvgIpc) is 2.46. The Balaban J connectivity index is 1.81. The lowest BCUT2D eigenvalue weighted by atomic mass is 10.1. The summed E-state index contributed by atoms with van der Waals surface area (Å²) in [5.41, 5.74) is 0.884. The minimum atomic E-state index is -0.510. The number of hydrogen-bond acceptors (Lipinski definition) is 3. The van der Waals surface area contributed by atoms with Gasteiger partial charge < -0.3 is 10.2 Å². The zero-order valence-electron chi connectivity index (χ0n) is 13.6. The lowest BCUT2D eigenvalue weighted by molar-refractivity contribution is -0.147. The Morgan fingerprint density at radius 3 is 2.18 bits per heavy atom. The first-order chi connectivity index (χ1) is 10.3. The van der Waals surface area contributed by atoms with E-state index in [1.165, 1.54) is 5.56 Å². The van der Waals surface area contributed by atoms with Gasteiger partial charge in [0.05, 0.1) is 0 Å². The molecule has 1 N–H and O–H groups in total. The number of hydrogen-bond donors (Lipinski definition) is 1. The van der Waals surface area contributed by atoms with E-state index in [0.29, 0.717) is 13.1 Å². The van der Waals surface area contributed by atoms with Gasteiger partial charge in [0.2, 0.25) is 0 Å². The maximum atomic E-state index is 12.1. The number of amides is 2. The fourth-order valence-electron chi connectivity index (χ4n) is 2.49. The zero-order chi connectivity index (χ0) is 16.2. The number of benzene rings is 1. The first-order valence-corrected chi connectivity index (χ1v) is 7.73. The van der Waals surface area contributed by atoms with E-state index in [2.05, 4.69) is 22.3 Å². The Morgan fingerprint density at radius 2 is 1.64 bits per heavy atom. The van der Waals surface area contributed by atoms with Gasteiger partial charge in [-0.3, -0.25) is 14.5 Å². The molecule has 1 aliphatic heterocycles. The molecule has 0 radical (unpaired) electrons. The van der Waals surface area contributed by atoms with Crippen molar-refractivity contribution in [3.63, 3.8) is 0 Å². The topological polar surface area (TPSA) is 52.7 Å². The monoisotopic (exact) mass is 303 g/mol. The van der Waals surface area contributed by atoms with Gasteiger partial charge >= 0.3 is 11.8 Å². The third kappa shape index (κ3) is 4.84. The van der Waals surface area contributed by atoms with Gasteiger partial charge in [-0.1, -0.05) is 30.3 Å². The van der Waals surface area contributed by atoms with Crippen molar-refractivity contribution in [2.75, 3.05) is 26.2 Å². The maximum Gasteiger partial charge on any atom is 0.311 e. The second-order valence-electron chi connectivity index (χ2n) is 6.76. The predicted molar refractivity (Wildman–Crippen MR) is 86.2 cm³/mol. The van der Waals surface area contributed by atoms with Crippen molar-refractivity contribution < 1.29 is 9.59 Å². The van der Waals surface area contributed by atoms with E-state index in [-0.39, 0.29) is 5.54 Å². The molecule has 2 amide bonds. The highest BCUT2D eigenvalue weighted by Crippen LogP contribution is 2.09. The van der Waals surface area contributed by atoms with Crippen LogP contribution in [0.4, 0.5) is 0 Å². The number of rotatable bonds is 2. The van der Waals surface area contributed by atoms with Gasteiger partial charge in [0.25, 0.3) is 0 Å². The molecule has 0 unspecified atom stereocenters. The van der Waals surface area contributed by atoms with Crippen molar-refractivity contribution in [2.45, 2.75) is 32.9 Å². The van der Waals surface area contributed by atoms with E-state index in [9.17, 15) is 9.59 Å². The Kier molecular flexibility index (Phi) is 5.19. The van der Waals surface area contributed by atoms with Crippen molar-refractivity contribution >= 4 is 11.8 Å². The summed E-state index contributed by atoms with van der Waals surface area (Å²) in [7, 11) is 0. The lowest BCUT2D eigenvalue weighted by Crippen LogP contribution is -2.54. The highest BCUT2D eigenvalue weighted by atomic mass is 16.2. The van der Waals surface area contributed by atoms with Crippen LogP contribution in [0.5, 0.6) is 0 Å². The van der Waals surface area contributed by atoms with Crippen LogP contribution in [0.3, 0.4) is 0 Å². The smallest absolute Gasteiger partial charge is 0.311 e. The van der Waals surface area contributed by atoms with Crippen LogP contribution in [0.25, 0.3) is 0 Å². The Labute approximate surface area is 132 Å². The van der Waals surface area contributed by atoms with Gasteiger partial charge in [0.1, 0.15) is 0 Å². The van der Waals surface area contributed by atoms with Crippen LogP contribution in [0.2, 0.25) is 0 Å². The van der Waals surface area contributed by atoms with Crippen LogP contribution >= 0.6 is 0 Å². The summed E-state index contributed by atoms with van der Waals surface area (Å²) in [5, 5.41) is 2.72. The molecule has 2 rings (SSSR count). The number of carbonyl (C=O) groups excluding carboxylic acids is 2. The van der Waals surface area contributed by atoms with Crippen LogP contribution in [0.15, 0.2) is 30.3 Å². The average molecular weight is 303 g/mol. The molecule has 0 bridgehead atoms. The van der Waals surface area contributed by atoms with Gasteiger partial charge in [-0.15, -0.1) is 0 Å². The number of piperazine rings is 1. The fraction of sp³-hybridized carbons (Fsp3) is 0.529. The van der Waals surface area contributed by atoms with E-state index in [1.807, 2.05) is 39.0 Å². The van der Waals surface area contributed by atoms with E-state index < -0.39 is 11.8 Å². The molecular formula is C17H25N3O2. The van der Waals surface area contributed by atoms with Crippen molar-refractivity contribution in [1.82, 2.24) is 15.1 Å². The molecule has 120 valence electrons. The van der Waals surface area contributed by atoms with E-state index in [0.717, 1.165) is 19.6 Å². The highest BCUT2D eigenvalue weighted by molar-refractivity contribution is 6.35. The summed E-state index contributed by atoms with van der Waals surface area (Å²) in [6.45, 7) is 9.29. The SMILES string of the molecule is CC(C)(C)NC(=O)C(=O)N1CCN(Cc2ccccc2)CC1. The second kappa shape index (κ2) is 6.92. The van der Waals surface area contributed by atoms with Crippen LogP contribution in [-0.4, -0.2) is 53.3 Å². The van der Waals surface area contributed by atoms with Gasteiger partial charge in [-0.05, 0) is 26.3 Å². The second-order valence-corrected chi connectivity index (χ2v) is 6.76. The van der Waals surface area contributed by atoms with Gasteiger partial charge in [0.15, 0.2) is 0 Å². The van der Waals surface area contributed by atoms with E-state index in [4.69, 9.17) is 0 Å². The fourth-order valence-corrected chi connectivity index (χ4v) is 2.49. The Morgan fingerprint density at radius 1 is 1.05 bits per heavy atom. The van der Waals surface area contributed by atoms with Crippen molar-refractivity contribution in [3.05, 3.63) is 35.9 Å². The third-order valence-electron chi connectivity index (χ3n) is 3.59. The molecule has 1 aromatic carbocycles. The minimum Gasteiger partial charge on any atom is -0.343 e. The van der Waals surface area contributed by atoms with Crippen molar-refractivity contribution in [1.29, 1.82) is 0 Å². The molecule has 1 aliphatic rings. The molecular weight excluding hydrogens is 278 g/mol. The first kappa shape index (κ1) is 16.5. The number of carbonyl (C=O) groups is 2. The summed E-state index contributed by atoms with van der Waals surface area (Å²) in [5.74, 6) is -0.932. The number of nitrogens with zero attached hydrogens (tertiary/aromatic N) is 2. The normalized spacial score (nSPS) is 16.4. The molecule has 0 saturated carbocycles. The molecule has 0 aromatic heterocycles. The summed E-state index contributed by atoms with van der Waals surface area (Å²) in [6.07, 6.45) is 0. The van der Waals surface area contributed by atoms with Gasteiger partial charge in [-0.2, -0.15) is 0 Å². The Bertz CT molecular complexity index is 514. The quantitative estimate of drug-likeness (QED) is 0.837. The molecule has 1 aromatic rings. The zero-order valence-corrected chi connectivity index (χ0v) is 13.6. The predicted octanol–water partition coefficient (Wildman–Crippen LogP) is 1.25. The largest absolute Gasteiger partial charge is 0.343 e. The van der Waals surface area contributed by atoms with Crippen LogP contribution < -0.4 is 5.32 Å². The Hall–Kier alpha value is -1.88. The van der Waals surface area contributed by atoms with Crippen molar-refractivity contribution in [3.8, 4) is 0 Å². The molecule has 5 heteroatoms. The third-order valence-corrected chi connectivity index (χ3v) is 3.59.